The second kappa shape index (κ2) is 7.68. The molecule has 0 radical (unpaired) electrons. The predicted octanol–water partition coefficient (Wildman–Crippen LogP) is 3.10. The SMILES string of the molecule is C[C@@H]1CCCN(CC2CCN(S(=O)(=O)c3ccc(F)cc3F)CC2)C1. The summed E-state index contributed by atoms with van der Waals surface area (Å²) in [6.07, 6.45) is 4.09. The van der Waals surface area contributed by atoms with Crippen molar-refractivity contribution in [2.75, 3.05) is 32.7 Å². The van der Waals surface area contributed by atoms with Crippen molar-refractivity contribution in [1.29, 1.82) is 0 Å². The molecule has 4 nitrogen and oxygen atoms in total. The molecule has 0 amide bonds. The molecule has 2 aliphatic heterocycles. The first kappa shape index (κ1) is 18.7. The van der Waals surface area contributed by atoms with Gasteiger partial charge in [0.2, 0.25) is 10.0 Å². The third-order valence-electron chi connectivity index (χ3n) is 5.34. The zero-order chi connectivity index (χ0) is 18.0. The molecule has 0 unspecified atom stereocenters. The van der Waals surface area contributed by atoms with Crippen LogP contribution in [0.2, 0.25) is 0 Å². The summed E-state index contributed by atoms with van der Waals surface area (Å²) in [5.74, 6) is -0.583. The Morgan fingerprint density at radius 3 is 2.48 bits per heavy atom. The second-order valence-corrected chi connectivity index (χ2v) is 9.34. The first-order valence-electron chi connectivity index (χ1n) is 9.04. The number of likely N-dealkylation sites (tertiary alicyclic amines) is 1. The number of sulfonamides is 1. The molecule has 7 heteroatoms. The Balaban J connectivity index is 1.59. The quantitative estimate of drug-likeness (QED) is 0.815. The highest BCUT2D eigenvalue weighted by Crippen LogP contribution is 2.27. The summed E-state index contributed by atoms with van der Waals surface area (Å²) in [4.78, 5) is 2.06. The Morgan fingerprint density at radius 1 is 1.12 bits per heavy atom. The van der Waals surface area contributed by atoms with Gasteiger partial charge in [-0.25, -0.2) is 17.2 Å². The van der Waals surface area contributed by atoms with Gasteiger partial charge in [-0.2, -0.15) is 4.31 Å². The summed E-state index contributed by atoms with van der Waals surface area (Å²) < 4.78 is 53.5. The molecular weight excluding hydrogens is 346 g/mol. The number of hydrogen-bond acceptors (Lipinski definition) is 3. The first-order chi connectivity index (χ1) is 11.9. The Hall–Kier alpha value is -1.05. The second-order valence-electron chi connectivity index (χ2n) is 7.43. The van der Waals surface area contributed by atoms with Crippen LogP contribution in [0, 0.1) is 23.5 Å². The number of benzene rings is 1. The Kier molecular flexibility index (Phi) is 5.75. The third-order valence-corrected chi connectivity index (χ3v) is 7.27. The van der Waals surface area contributed by atoms with E-state index in [1.54, 1.807) is 0 Å². The van der Waals surface area contributed by atoms with E-state index in [-0.39, 0.29) is 0 Å². The van der Waals surface area contributed by atoms with Gasteiger partial charge < -0.3 is 4.90 Å². The van der Waals surface area contributed by atoms with Gasteiger partial charge in [-0.3, -0.25) is 0 Å². The van der Waals surface area contributed by atoms with E-state index in [1.165, 1.54) is 17.1 Å². The summed E-state index contributed by atoms with van der Waals surface area (Å²) in [6, 6.07) is 2.62. The molecule has 1 atom stereocenters. The van der Waals surface area contributed by atoms with Gasteiger partial charge in [0, 0.05) is 32.2 Å². The molecule has 0 bridgehead atoms. The van der Waals surface area contributed by atoms with Gasteiger partial charge in [0.25, 0.3) is 0 Å². The highest BCUT2D eigenvalue weighted by atomic mass is 32.2. The molecule has 3 rings (SSSR count). The van der Waals surface area contributed by atoms with Gasteiger partial charge in [0.15, 0.2) is 0 Å². The molecule has 140 valence electrons. The Morgan fingerprint density at radius 2 is 1.84 bits per heavy atom. The van der Waals surface area contributed by atoms with Crippen molar-refractivity contribution in [3.63, 3.8) is 0 Å². The number of hydrogen-bond donors (Lipinski definition) is 0. The molecule has 0 saturated carbocycles. The first-order valence-corrected chi connectivity index (χ1v) is 10.5. The van der Waals surface area contributed by atoms with Crippen LogP contribution in [0.3, 0.4) is 0 Å². The fraction of sp³-hybridized carbons (Fsp3) is 0.667. The van der Waals surface area contributed by atoms with Gasteiger partial charge in [-0.1, -0.05) is 6.92 Å². The fourth-order valence-electron chi connectivity index (χ4n) is 3.97. The molecule has 0 spiro atoms. The van der Waals surface area contributed by atoms with E-state index in [4.69, 9.17) is 0 Å². The van der Waals surface area contributed by atoms with E-state index in [2.05, 4.69) is 11.8 Å². The van der Waals surface area contributed by atoms with Crippen molar-refractivity contribution in [3.8, 4) is 0 Å². The number of piperidine rings is 2. The molecule has 1 aromatic rings. The van der Waals surface area contributed by atoms with Crippen LogP contribution in [-0.4, -0.2) is 50.3 Å². The zero-order valence-corrected chi connectivity index (χ0v) is 15.4. The minimum Gasteiger partial charge on any atom is -0.303 e. The molecule has 2 heterocycles. The molecule has 2 aliphatic rings. The summed E-state index contributed by atoms with van der Waals surface area (Å²) in [5.41, 5.74) is 0. The van der Waals surface area contributed by atoms with Crippen molar-refractivity contribution in [3.05, 3.63) is 29.8 Å². The van der Waals surface area contributed by atoms with Gasteiger partial charge in [0.05, 0.1) is 0 Å². The van der Waals surface area contributed by atoms with E-state index in [0.717, 1.165) is 50.5 Å². The predicted molar refractivity (Wildman–Crippen MR) is 92.7 cm³/mol. The van der Waals surface area contributed by atoms with Crippen LogP contribution in [0.15, 0.2) is 23.1 Å². The Bertz CT molecular complexity index is 703. The molecule has 1 aromatic carbocycles. The summed E-state index contributed by atoms with van der Waals surface area (Å²) in [6.45, 7) is 6.34. The number of halogens is 2. The van der Waals surface area contributed by atoms with E-state index in [9.17, 15) is 17.2 Å². The lowest BCUT2D eigenvalue weighted by Crippen LogP contribution is -2.43. The summed E-state index contributed by atoms with van der Waals surface area (Å²) in [7, 11) is -3.90. The lowest BCUT2D eigenvalue weighted by atomic mass is 9.94. The van der Waals surface area contributed by atoms with E-state index < -0.39 is 26.6 Å². The molecule has 0 aliphatic carbocycles. The van der Waals surface area contributed by atoms with Crippen LogP contribution in [0.25, 0.3) is 0 Å². The van der Waals surface area contributed by atoms with E-state index >= 15 is 0 Å². The maximum atomic E-state index is 13.9. The molecule has 0 aromatic heterocycles. The highest BCUT2D eigenvalue weighted by Gasteiger charge is 2.32. The smallest absolute Gasteiger partial charge is 0.245 e. The molecule has 2 fully saturated rings. The largest absolute Gasteiger partial charge is 0.303 e. The van der Waals surface area contributed by atoms with Crippen LogP contribution >= 0.6 is 0 Å². The van der Waals surface area contributed by atoms with Gasteiger partial charge in [-0.15, -0.1) is 0 Å². The van der Waals surface area contributed by atoms with Crippen molar-refractivity contribution in [2.24, 2.45) is 11.8 Å². The van der Waals surface area contributed by atoms with Crippen LogP contribution in [0.1, 0.15) is 32.6 Å². The average molecular weight is 372 g/mol. The van der Waals surface area contributed by atoms with E-state index in [0.29, 0.717) is 25.1 Å². The van der Waals surface area contributed by atoms with Crippen molar-refractivity contribution >= 4 is 10.0 Å². The van der Waals surface area contributed by atoms with Crippen LogP contribution < -0.4 is 0 Å². The third kappa shape index (κ3) is 4.38. The Labute approximate surface area is 148 Å². The van der Waals surface area contributed by atoms with E-state index in [1.807, 2.05) is 0 Å². The standard InChI is InChI=1S/C18H26F2N2O2S/c1-14-3-2-8-21(12-14)13-15-6-9-22(10-7-15)25(23,24)18-5-4-16(19)11-17(18)20/h4-5,11,14-15H,2-3,6-10,12-13H2,1H3/t14-/m1/s1. The maximum absolute atomic E-state index is 13.9. The van der Waals surface area contributed by atoms with Gasteiger partial charge in [0.1, 0.15) is 16.5 Å². The molecule has 25 heavy (non-hydrogen) atoms. The minimum absolute atomic E-state index is 0.396. The zero-order valence-electron chi connectivity index (χ0n) is 14.6. The highest BCUT2D eigenvalue weighted by molar-refractivity contribution is 7.89. The maximum Gasteiger partial charge on any atom is 0.245 e. The minimum atomic E-state index is -3.90. The van der Waals surface area contributed by atoms with Gasteiger partial charge >= 0.3 is 0 Å². The average Bonchev–Trinajstić information content (AvgIpc) is 2.55. The van der Waals surface area contributed by atoms with Crippen molar-refractivity contribution in [2.45, 2.75) is 37.5 Å². The summed E-state index contributed by atoms with van der Waals surface area (Å²) >= 11 is 0. The van der Waals surface area contributed by atoms with Crippen molar-refractivity contribution < 1.29 is 17.2 Å². The topological polar surface area (TPSA) is 40.6 Å². The fourth-order valence-corrected chi connectivity index (χ4v) is 5.49. The summed E-state index contributed by atoms with van der Waals surface area (Å²) in [5, 5.41) is 0. The number of rotatable bonds is 4. The molecule has 2 saturated heterocycles. The van der Waals surface area contributed by atoms with Crippen LogP contribution in [0.4, 0.5) is 8.78 Å². The monoisotopic (exact) mass is 372 g/mol. The lowest BCUT2D eigenvalue weighted by molar-refractivity contribution is 0.136. The number of nitrogens with zero attached hydrogens (tertiary/aromatic N) is 2. The van der Waals surface area contributed by atoms with Crippen LogP contribution in [0.5, 0.6) is 0 Å². The molecule has 0 N–H and O–H groups in total. The normalized spacial score (nSPS) is 24.5. The van der Waals surface area contributed by atoms with Crippen molar-refractivity contribution in [1.82, 2.24) is 9.21 Å². The lowest BCUT2D eigenvalue weighted by Gasteiger charge is -2.37. The van der Waals surface area contributed by atoms with Gasteiger partial charge in [-0.05, 0) is 56.2 Å². The van der Waals surface area contributed by atoms with Crippen LogP contribution in [-0.2, 0) is 10.0 Å². The molecular formula is C18H26F2N2O2S.